The van der Waals surface area contributed by atoms with Crippen LogP contribution in [0.3, 0.4) is 0 Å². The van der Waals surface area contributed by atoms with E-state index in [4.69, 9.17) is 4.74 Å². The van der Waals surface area contributed by atoms with Crippen LogP contribution >= 0.6 is 11.3 Å². The summed E-state index contributed by atoms with van der Waals surface area (Å²) in [6.45, 7) is 5.53. The fourth-order valence-electron chi connectivity index (χ4n) is 7.30. The van der Waals surface area contributed by atoms with E-state index in [-0.39, 0.29) is 35.0 Å². The summed E-state index contributed by atoms with van der Waals surface area (Å²) in [7, 11) is 0. The Labute approximate surface area is 304 Å². The van der Waals surface area contributed by atoms with E-state index >= 15 is 0 Å². The lowest BCUT2D eigenvalue weighted by Crippen LogP contribution is -2.51. The molecule has 5 aromatic rings. The summed E-state index contributed by atoms with van der Waals surface area (Å²) in [5.41, 5.74) is 4.86. The predicted octanol–water partition coefficient (Wildman–Crippen LogP) is 7.89. The van der Waals surface area contributed by atoms with Crippen LogP contribution in [0.25, 0.3) is 10.4 Å². The van der Waals surface area contributed by atoms with Gasteiger partial charge in [0.25, 0.3) is 11.8 Å². The van der Waals surface area contributed by atoms with Gasteiger partial charge in [-0.05, 0) is 91.9 Å². The molecular weight excluding hydrogens is 683 g/mol. The van der Waals surface area contributed by atoms with Crippen LogP contribution in [0.5, 0.6) is 0 Å². The van der Waals surface area contributed by atoms with Crippen LogP contribution in [0, 0.1) is 24.0 Å². The summed E-state index contributed by atoms with van der Waals surface area (Å²) in [4.78, 5) is 50.6. The monoisotopic (exact) mass is 718 g/mol. The molecule has 2 fully saturated rings. The van der Waals surface area contributed by atoms with Crippen molar-refractivity contribution in [3.8, 4) is 10.4 Å². The number of thiophene rings is 1. The number of aromatic nitrogens is 1. The molecule has 0 atom stereocenters. The molecule has 52 heavy (non-hydrogen) atoms. The number of para-hydroxylation sites is 1. The van der Waals surface area contributed by atoms with Gasteiger partial charge >= 0.3 is 0 Å². The first-order chi connectivity index (χ1) is 25.2. The number of Topliss-reactive ketones (excluding diaryl/α,β-unsaturated/α-hetero) is 1. The van der Waals surface area contributed by atoms with E-state index in [9.17, 15) is 23.2 Å². The molecule has 5 heterocycles. The number of aryl methyl sites for hydroxylation is 1. The summed E-state index contributed by atoms with van der Waals surface area (Å²) in [5, 5.41) is 3.00. The van der Waals surface area contributed by atoms with Crippen LogP contribution in [-0.2, 0) is 17.6 Å². The summed E-state index contributed by atoms with van der Waals surface area (Å²) >= 11 is 1.27. The highest BCUT2D eigenvalue weighted by Crippen LogP contribution is 2.43. The van der Waals surface area contributed by atoms with Crippen molar-refractivity contribution in [2.75, 3.05) is 48.0 Å². The number of anilines is 3. The summed E-state index contributed by atoms with van der Waals surface area (Å²) in [6, 6.07) is 21.6. The number of hydrogen-bond acceptors (Lipinski definition) is 7. The number of nitrogens with zero attached hydrogens (tertiary/aromatic N) is 3. The summed E-state index contributed by atoms with van der Waals surface area (Å²) in [6.07, 6.45) is 3.92. The lowest BCUT2D eigenvalue weighted by molar-refractivity contribution is -0.124. The van der Waals surface area contributed by atoms with E-state index in [0.29, 0.717) is 46.2 Å². The van der Waals surface area contributed by atoms with Crippen molar-refractivity contribution < 1.29 is 27.9 Å². The fraction of sp³-hybridized carbons (Fsp3) is 0.268. The van der Waals surface area contributed by atoms with Gasteiger partial charge in [-0.25, -0.2) is 13.8 Å². The van der Waals surface area contributed by atoms with Crippen LogP contribution in [0.15, 0.2) is 85.1 Å². The molecule has 0 radical (unpaired) electrons. The number of carbonyl (C=O) groups is 3. The van der Waals surface area contributed by atoms with Gasteiger partial charge in [0.2, 0.25) is 0 Å². The van der Waals surface area contributed by atoms with E-state index < -0.39 is 11.6 Å². The maximum Gasteiger partial charge on any atom is 0.259 e. The molecule has 0 unspecified atom stereocenters. The molecule has 1 N–H and O–H groups in total. The Kier molecular flexibility index (Phi) is 8.92. The molecule has 8 rings (SSSR count). The van der Waals surface area contributed by atoms with Crippen molar-refractivity contribution in [3.05, 3.63) is 129 Å². The van der Waals surface area contributed by atoms with Crippen molar-refractivity contribution in [1.82, 2.24) is 4.98 Å². The highest BCUT2D eigenvalue weighted by molar-refractivity contribution is 7.17. The first kappa shape index (κ1) is 33.9. The fourth-order valence-corrected chi connectivity index (χ4v) is 8.48. The van der Waals surface area contributed by atoms with Gasteiger partial charge in [0.1, 0.15) is 17.5 Å². The van der Waals surface area contributed by atoms with Gasteiger partial charge in [0.05, 0.1) is 29.3 Å². The van der Waals surface area contributed by atoms with Crippen LogP contribution in [0.2, 0.25) is 0 Å². The third kappa shape index (κ3) is 6.39. The van der Waals surface area contributed by atoms with Gasteiger partial charge in [0, 0.05) is 64.9 Å². The lowest BCUT2D eigenvalue weighted by atomic mass is 9.77. The van der Waals surface area contributed by atoms with Gasteiger partial charge < -0.3 is 19.9 Å². The normalized spacial score (nSPS) is 16.1. The number of benzene rings is 3. The molecule has 2 aromatic heterocycles. The summed E-state index contributed by atoms with van der Waals surface area (Å²) in [5.74, 6) is -1.64. The zero-order chi connectivity index (χ0) is 36.0. The highest BCUT2D eigenvalue weighted by Gasteiger charge is 2.42. The van der Waals surface area contributed by atoms with Gasteiger partial charge in [0.15, 0.2) is 5.78 Å². The Bertz CT molecular complexity index is 2180. The number of ether oxygens (including phenoxy) is 1. The molecular formula is C41H36F2N4O4S. The Hall–Kier alpha value is -5.26. The second kappa shape index (κ2) is 13.7. The molecule has 1 spiro atoms. The topological polar surface area (TPSA) is 91.8 Å². The van der Waals surface area contributed by atoms with Crippen LogP contribution < -0.4 is 15.1 Å². The number of carbonyl (C=O) groups excluding carboxylic acids is 3. The smallest absolute Gasteiger partial charge is 0.259 e. The molecule has 8 nitrogen and oxygen atoms in total. The minimum atomic E-state index is -0.745. The van der Waals surface area contributed by atoms with Crippen molar-refractivity contribution in [2.24, 2.45) is 5.41 Å². The Morgan fingerprint density at radius 3 is 2.37 bits per heavy atom. The van der Waals surface area contributed by atoms with E-state index in [1.807, 2.05) is 37.3 Å². The molecule has 2 amide bonds. The average Bonchev–Trinajstić information content (AvgIpc) is 3.51. The molecule has 3 aliphatic heterocycles. The van der Waals surface area contributed by atoms with E-state index in [1.54, 1.807) is 41.4 Å². The number of halogens is 2. The molecule has 3 aliphatic rings. The molecule has 0 saturated carbocycles. The lowest BCUT2D eigenvalue weighted by Gasteiger charge is -2.47. The molecule has 264 valence electrons. The first-order valence-corrected chi connectivity index (χ1v) is 18.2. The quantitative estimate of drug-likeness (QED) is 0.172. The van der Waals surface area contributed by atoms with Crippen molar-refractivity contribution in [1.29, 1.82) is 0 Å². The van der Waals surface area contributed by atoms with Gasteiger partial charge in [-0.3, -0.25) is 14.4 Å². The van der Waals surface area contributed by atoms with E-state index in [1.165, 1.54) is 17.4 Å². The second-order valence-corrected chi connectivity index (χ2v) is 14.9. The molecule has 2 saturated heterocycles. The highest BCUT2D eigenvalue weighted by atomic mass is 32.1. The zero-order valence-corrected chi connectivity index (χ0v) is 29.4. The van der Waals surface area contributed by atoms with Crippen molar-refractivity contribution in [3.63, 3.8) is 0 Å². The molecule has 0 bridgehead atoms. The number of hydrogen-bond donors (Lipinski definition) is 1. The van der Waals surface area contributed by atoms with Crippen molar-refractivity contribution >= 4 is 46.1 Å². The maximum absolute atomic E-state index is 14.3. The number of piperidine rings is 1. The molecule has 0 aliphatic carbocycles. The van der Waals surface area contributed by atoms with E-state index in [0.717, 1.165) is 72.8 Å². The minimum absolute atomic E-state index is 0.197. The van der Waals surface area contributed by atoms with Gasteiger partial charge in [-0.1, -0.05) is 24.3 Å². The first-order valence-electron chi connectivity index (χ1n) is 17.4. The average molecular weight is 719 g/mol. The van der Waals surface area contributed by atoms with Crippen LogP contribution in [-0.4, -0.2) is 55.4 Å². The number of pyridine rings is 1. The standard InChI is InChI=1S/C41H36F2N4O4S/c1-25-19-31(38(44-22-25)46-17-14-41(15-18-46)23-51-24-41)39(49)45-28-11-9-26(10-12-28)40(50)47-16-13-27-20-36(52-37(27)29-5-2-3-8-34(29)47)35(48)21-30-32(42)6-4-7-33(30)43/h2-12,19-20,22H,13-18,21,23-24H2,1H3,(H,45,49). The second-order valence-electron chi connectivity index (χ2n) is 13.9. The van der Waals surface area contributed by atoms with Gasteiger partial charge in [-0.15, -0.1) is 11.3 Å². The Balaban J connectivity index is 0.978. The van der Waals surface area contributed by atoms with Crippen LogP contribution in [0.1, 0.15) is 59.9 Å². The van der Waals surface area contributed by atoms with Crippen LogP contribution in [0.4, 0.5) is 26.0 Å². The maximum atomic E-state index is 14.3. The Morgan fingerprint density at radius 1 is 0.923 bits per heavy atom. The van der Waals surface area contributed by atoms with Crippen molar-refractivity contribution in [2.45, 2.75) is 32.6 Å². The van der Waals surface area contributed by atoms with Gasteiger partial charge in [-0.2, -0.15) is 0 Å². The number of fused-ring (bicyclic) bond motifs is 3. The largest absolute Gasteiger partial charge is 0.380 e. The number of ketones is 1. The SMILES string of the molecule is Cc1cnc(N2CCC3(CC2)COC3)c(C(=O)Nc2ccc(C(=O)N3CCc4cc(C(=O)Cc5c(F)cccc5F)sc4-c4ccccc43)cc2)c1. The third-order valence-corrected chi connectivity index (χ3v) is 11.6. The summed E-state index contributed by atoms with van der Waals surface area (Å²) < 4.78 is 34.0. The third-order valence-electron chi connectivity index (χ3n) is 10.4. The molecule has 3 aromatic carbocycles. The number of rotatable bonds is 7. The molecule has 11 heteroatoms. The Morgan fingerprint density at radius 2 is 1.65 bits per heavy atom. The number of amides is 2. The predicted molar refractivity (Wildman–Crippen MR) is 198 cm³/mol. The minimum Gasteiger partial charge on any atom is -0.380 e. The van der Waals surface area contributed by atoms with E-state index in [2.05, 4.69) is 15.2 Å². The number of nitrogens with one attached hydrogen (secondary N) is 1. The zero-order valence-electron chi connectivity index (χ0n) is 28.6.